The lowest BCUT2D eigenvalue weighted by Gasteiger charge is -2.13. The highest BCUT2D eigenvalue weighted by Crippen LogP contribution is 2.03. The summed E-state index contributed by atoms with van der Waals surface area (Å²) in [5.74, 6) is 0.336. The summed E-state index contributed by atoms with van der Waals surface area (Å²) in [5, 5.41) is 2.83. The third kappa shape index (κ3) is 4.12. The van der Waals surface area contributed by atoms with Gasteiger partial charge in [0.1, 0.15) is 0 Å². The van der Waals surface area contributed by atoms with E-state index in [9.17, 15) is 4.79 Å². The van der Waals surface area contributed by atoms with Crippen LogP contribution in [-0.2, 0) is 0 Å². The van der Waals surface area contributed by atoms with E-state index in [2.05, 4.69) is 23.8 Å². The largest absolute Gasteiger partial charge is 0.413 e. The van der Waals surface area contributed by atoms with Gasteiger partial charge in [0.05, 0.1) is 0 Å². The normalized spacial score (nSPS) is 12.7. The predicted octanol–water partition coefficient (Wildman–Crippen LogP) is 1.12. The maximum Gasteiger partial charge on any atom is 0.413 e. The molecule has 1 aromatic heterocycles. The number of pyridine rings is 1. The minimum atomic E-state index is -0.407. The summed E-state index contributed by atoms with van der Waals surface area (Å²) in [6.45, 7) is 4.22. The third-order valence-electron chi connectivity index (χ3n) is 2.14. The molecule has 1 heterocycles. The average Bonchev–Trinajstić information content (AvgIpc) is 2.27. The maximum absolute atomic E-state index is 11.4. The molecule has 1 atom stereocenters. The van der Waals surface area contributed by atoms with Gasteiger partial charge >= 0.3 is 6.09 Å². The zero-order valence-electron chi connectivity index (χ0n) is 9.06. The fraction of sp³-hybridized carbons (Fsp3) is 0.400. The number of aromatic nitrogens is 1. The molecule has 0 aromatic carbocycles. The molecule has 82 valence electrons. The summed E-state index contributed by atoms with van der Waals surface area (Å²) in [7, 11) is -0.236. The van der Waals surface area contributed by atoms with Crippen LogP contribution >= 0.6 is 0 Å². The van der Waals surface area contributed by atoms with Gasteiger partial charge in [-0.25, -0.2) is 9.78 Å². The lowest BCUT2D eigenvalue weighted by Crippen LogP contribution is -2.39. The molecule has 1 unspecified atom stereocenters. The van der Waals surface area contributed by atoms with Crippen molar-refractivity contribution >= 4 is 15.6 Å². The van der Waals surface area contributed by atoms with Crippen LogP contribution in [0.25, 0.3) is 0 Å². The van der Waals surface area contributed by atoms with Crippen LogP contribution in [-0.4, -0.2) is 26.3 Å². The first-order valence-corrected chi connectivity index (χ1v) is 7.38. The number of amides is 1. The zero-order chi connectivity index (χ0) is 11.1. The van der Waals surface area contributed by atoms with E-state index >= 15 is 0 Å². The first-order chi connectivity index (χ1) is 7.26. The smallest absolute Gasteiger partial charge is 0.391 e. The molecule has 0 saturated heterocycles. The molecule has 0 spiro atoms. The Bertz CT molecular complexity index is 302. The molecule has 4 nitrogen and oxygen atoms in total. The number of carbonyl (C=O) groups excluding carboxylic acids is 1. The van der Waals surface area contributed by atoms with Crippen LogP contribution in [0.5, 0.6) is 5.88 Å². The molecule has 1 aromatic rings. The van der Waals surface area contributed by atoms with Crippen LogP contribution in [0.1, 0.15) is 13.3 Å². The fourth-order valence-corrected chi connectivity index (χ4v) is 2.14. The lowest BCUT2D eigenvalue weighted by atomic mass is 10.5. The van der Waals surface area contributed by atoms with Crippen LogP contribution in [0.15, 0.2) is 24.4 Å². The van der Waals surface area contributed by atoms with Crippen molar-refractivity contribution in [2.75, 3.05) is 0 Å². The molecule has 0 aliphatic rings. The third-order valence-corrected chi connectivity index (χ3v) is 3.91. The van der Waals surface area contributed by atoms with E-state index in [-0.39, 0.29) is 9.52 Å². The zero-order valence-corrected chi connectivity index (χ0v) is 10.5. The second-order valence-electron chi connectivity index (χ2n) is 3.22. The Hall–Kier alpha value is -1.36. The van der Waals surface area contributed by atoms with E-state index in [0.717, 1.165) is 6.42 Å². The highest BCUT2D eigenvalue weighted by atomic mass is 28.2. The van der Waals surface area contributed by atoms with Crippen molar-refractivity contribution in [2.45, 2.75) is 25.6 Å². The summed E-state index contributed by atoms with van der Waals surface area (Å²) in [4.78, 5) is 15.3. The molecule has 0 aliphatic heterocycles. The number of nitrogens with zero attached hydrogens (tertiary/aromatic N) is 1. The second kappa shape index (κ2) is 6.18. The van der Waals surface area contributed by atoms with Gasteiger partial charge in [0.25, 0.3) is 0 Å². The Morgan fingerprint density at radius 1 is 1.67 bits per heavy atom. The lowest BCUT2D eigenvalue weighted by molar-refractivity contribution is 0.197. The predicted molar refractivity (Wildman–Crippen MR) is 61.9 cm³/mol. The van der Waals surface area contributed by atoms with Gasteiger partial charge in [0.15, 0.2) is 0 Å². The van der Waals surface area contributed by atoms with E-state index in [1.165, 1.54) is 0 Å². The number of carbonyl (C=O) groups is 1. The molecule has 0 aliphatic carbocycles. The van der Waals surface area contributed by atoms with Gasteiger partial charge in [-0.2, -0.15) is 0 Å². The summed E-state index contributed by atoms with van der Waals surface area (Å²) in [5.41, 5.74) is 0.307. The number of rotatable bonds is 4. The van der Waals surface area contributed by atoms with Crippen LogP contribution in [0, 0.1) is 0 Å². The van der Waals surface area contributed by atoms with Crippen LogP contribution in [0.2, 0.25) is 6.55 Å². The highest BCUT2D eigenvalue weighted by molar-refractivity contribution is 6.36. The first kappa shape index (κ1) is 11.7. The number of nitrogens with one attached hydrogen (secondary N) is 1. The van der Waals surface area contributed by atoms with Crippen LogP contribution in [0.4, 0.5) is 4.79 Å². The maximum atomic E-state index is 11.4. The molecule has 0 fully saturated rings. The van der Waals surface area contributed by atoms with Crippen molar-refractivity contribution in [1.29, 1.82) is 0 Å². The van der Waals surface area contributed by atoms with Gasteiger partial charge in [-0.05, 0) is 12.5 Å². The summed E-state index contributed by atoms with van der Waals surface area (Å²) in [6.07, 6.45) is 2.14. The van der Waals surface area contributed by atoms with Gasteiger partial charge in [-0.1, -0.05) is 19.5 Å². The van der Waals surface area contributed by atoms with Crippen LogP contribution in [0.3, 0.4) is 0 Å². The van der Waals surface area contributed by atoms with Gasteiger partial charge in [-0.3, -0.25) is 0 Å². The first-order valence-electron chi connectivity index (χ1n) is 5.15. The molecule has 0 radical (unpaired) electrons. The molecule has 1 N–H and O–H groups in total. The Morgan fingerprint density at radius 2 is 2.47 bits per heavy atom. The minimum Gasteiger partial charge on any atom is -0.391 e. The highest BCUT2D eigenvalue weighted by Gasteiger charge is 2.10. The van der Waals surface area contributed by atoms with Gasteiger partial charge < -0.3 is 10.1 Å². The Balaban J connectivity index is 2.43. The molecular weight excluding hydrogens is 208 g/mol. The number of hydrogen-bond donors (Lipinski definition) is 1. The van der Waals surface area contributed by atoms with Crippen molar-refractivity contribution < 1.29 is 9.53 Å². The van der Waals surface area contributed by atoms with Gasteiger partial charge in [0.2, 0.25) is 5.88 Å². The SMILES string of the molecule is CCC(NC(=O)Oc1ccccn1)[SiH2]C. The van der Waals surface area contributed by atoms with Crippen molar-refractivity contribution in [3.05, 3.63) is 24.4 Å². The van der Waals surface area contributed by atoms with Gasteiger partial charge in [0, 0.05) is 27.4 Å². The van der Waals surface area contributed by atoms with E-state index in [4.69, 9.17) is 4.74 Å². The fourth-order valence-electron chi connectivity index (χ4n) is 1.19. The topological polar surface area (TPSA) is 51.2 Å². The minimum absolute atomic E-state index is 0.236. The molecule has 5 heteroatoms. The molecule has 1 rings (SSSR count). The monoisotopic (exact) mass is 224 g/mol. The van der Waals surface area contributed by atoms with E-state index in [1.54, 1.807) is 24.4 Å². The van der Waals surface area contributed by atoms with Crippen molar-refractivity contribution in [3.8, 4) is 5.88 Å². The number of ether oxygens (including phenoxy) is 1. The summed E-state index contributed by atoms with van der Waals surface area (Å²) < 4.78 is 5.01. The van der Waals surface area contributed by atoms with Gasteiger partial charge in [-0.15, -0.1) is 0 Å². The van der Waals surface area contributed by atoms with Crippen molar-refractivity contribution in [2.24, 2.45) is 0 Å². The quantitative estimate of drug-likeness (QED) is 0.780. The van der Waals surface area contributed by atoms with E-state index < -0.39 is 6.09 Å². The molecule has 1 amide bonds. The molecule has 0 bridgehead atoms. The molecular formula is C10H16N2O2Si. The Labute approximate surface area is 91.9 Å². The van der Waals surface area contributed by atoms with Crippen molar-refractivity contribution in [1.82, 2.24) is 10.3 Å². The number of hydrogen-bond acceptors (Lipinski definition) is 3. The summed E-state index contributed by atoms with van der Waals surface area (Å²) in [6, 6.07) is 5.21. The van der Waals surface area contributed by atoms with Crippen LogP contribution < -0.4 is 10.1 Å². The van der Waals surface area contributed by atoms with Crippen molar-refractivity contribution in [3.63, 3.8) is 0 Å². The van der Waals surface area contributed by atoms with E-state index in [0.29, 0.717) is 11.5 Å². The molecule has 15 heavy (non-hydrogen) atoms. The summed E-state index contributed by atoms with van der Waals surface area (Å²) >= 11 is 0. The Morgan fingerprint density at radius 3 is 3.00 bits per heavy atom. The molecule has 0 saturated carbocycles. The second-order valence-corrected chi connectivity index (χ2v) is 5.02. The average molecular weight is 224 g/mol. The Kier molecular flexibility index (Phi) is 4.83. The van der Waals surface area contributed by atoms with E-state index in [1.807, 2.05) is 0 Å². The standard InChI is InChI=1S/C10H16N2O2Si/c1-3-9(15-2)12-10(13)14-8-6-4-5-7-11-8/h4-7,9H,3,15H2,1-2H3,(H,12,13).